The van der Waals surface area contributed by atoms with Crippen LogP contribution >= 0.6 is 0 Å². The summed E-state index contributed by atoms with van der Waals surface area (Å²) in [4.78, 5) is 22.9. The van der Waals surface area contributed by atoms with Crippen molar-refractivity contribution in [1.82, 2.24) is 5.43 Å². The van der Waals surface area contributed by atoms with E-state index in [1.807, 2.05) is 42.5 Å². The Kier molecular flexibility index (Phi) is 6.59. The maximum absolute atomic E-state index is 12.2. The van der Waals surface area contributed by atoms with Gasteiger partial charge in [-0.05, 0) is 37.4 Å². The van der Waals surface area contributed by atoms with Crippen LogP contribution in [0, 0.1) is 10.1 Å². The molecular formula is C22H22N4O4. The van der Waals surface area contributed by atoms with Gasteiger partial charge >= 0.3 is 5.69 Å². The summed E-state index contributed by atoms with van der Waals surface area (Å²) in [7, 11) is 0. The summed E-state index contributed by atoms with van der Waals surface area (Å²) in [5.41, 5.74) is 4.15. The van der Waals surface area contributed by atoms with Crippen LogP contribution in [0.4, 0.5) is 11.4 Å². The number of anilines is 1. The largest absolute Gasteiger partial charge is 0.487 e. The fraction of sp³-hybridized carbons (Fsp3) is 0.182. The Labute approximate surface area is 173 Å². The summed E-state index contributed by atoms with van der Waals surface area (Å²) < 4.78 is 5.28. The minimum Gasteiger partial charge on any atom is -0.487 e. The van der Waals surface area contributed by atoms with Crippen molar-refractivity contribution in [3.63, 3.8) is 0 Å². The molecule has 3 aromatic carbocycles. The van der Waals surface area contributed by atoms with E-state index in [0.29, 0.717) is 17.9 Å². The molecule has 0 aliphatic heterocycles. The number of carbonyl (C=O) groups excluding carboxylic acids is 1. The molecule has 3 aromatic rings. The number of amides is 1. The molecule has 2 N–H and O–H groups in total. The second kappa shape index (κ2) is 9.51. The van der Waals surface area contributed by atoms with Crippen molar-refractivity contribution < 1.29 is 14.5 Å². The van der Waals surface area contributed by atoms with Gasteiger partial charge in [-0.15, -0.1) is 0 Å². The van der Waals surface area contributed by atoms with Crippen LogP contribution in [0.2, 0.25) is 0 Å². The van der Waals surface area contributed by atoms with Gasteiger partial charge in [-0.25, -0.2) is 5.43 Å². The van der Waals surface area contributed by atoms with Crippen LogP contribution in [0.3, 0.4) is 0 Å². The van der Waals surface area contributed by atoms with Crippen LogP contribution in [0.1, 0.15) is 19.4 Å². The Hall–Kier alpha value is -3.94. The number of hydrogen-bond donors (Lipinski definition) is 2. The first-order chi connectivity index (χ1) is 14.5. The number of benzene rings is 3. The topological polar surface area (TPSA) is 106 Å². The van der Waals surface area contributed by atoms with Crippen molar-refractivity contribution in [2.45, 2.75) is 13.8 Å². The van der Waals surface area contributed by atoms with Crippen molar-refractivity contribution in [3.8, 4) is 5.75 Å². The van der Waals surface area contributed by atoms with E-state index < -0.39 is 4.92 Å². The first kappa shape index (κ1) is 20.8. The van der Waals surface area contributed by atoms with Crippen LogP contribution < -0.4 is 15.5 Å². The monoisotopic (exact) mass is 406 g/mol. The molecule has 0 saturated carbocycles. The molecular weight excluding hydrogens is 384 g/mol. The Bertz CT molecular complexity index is 1110. The normalized spacial score (nSPS) is 11.2. The number of ether oxygens (including phenoxy) is 1. The van der Waals surface area contributed by atoms with Crippen LogP contribution in [0.25, 0.3) is 10.8 Å². The van der Waals surface area contributed by atoms with Gasteiger partial charge in [0, 0.05) is 22.7 Å². The molecule has 0 unspecified atom stereocenters. The highest BCUT2D eigenvalue weighted by molar-refractivity contribution is 6.00. The zero-order chi connectivity index (χ0) is 21.5. The van der Waals surface area contributed by atoms with E-state index in [-0.39, 0.29) is 23.9 Å². The quantitative estimate of drug-likeness (QED) is 0.333. The summed E-state index contributed by atoms with van der Waals surface area (Å²) in [6, 6.07) is 18.3. The zero-order valence-corrected chi connectivity index (χ0v) is 16.7. The fourth-order valence-electron chi connectivity index (χ4n) is 2.97. The third-order valence-electron chi connectivity index (χ3n) is 4.45. The molecule has 1 amide bonds. The summed E-state index contributed by atoms with van der Waals surface area (Å²) in [5.74, 6) is -0.134. The Balaban J connectivity index is 1.65. The molecule has 0 aromatic heterocycles. The maximum atomic E-state index is 12.2. The predicted molar refractivity (Wildman–Crippen MR) is 117 cm³/mol. The second-order valence-corrected chi connectivity index (χ2v) is 6.49. The molecule has 8 heteroatoms. The smallest absolute Gasteiger partial charge is 0.311 e. The number of fused-ring (bicyclic) bond motifs is 1. The molecule has 154 valence electrons. The highest BCUT2D eigenvalue weighted by atomic mass is 16.6. The highest BCUT2D eigenvalue weighted by Gasteiger charge is 2.16. The van der Waals surface area contributed by atoms with Gasteiger partial charge in [-0.3, -0.25) is 14.9 Å². The highest BCUT2D eigenvalue weighted by Crippen LogP contribution is 2.28. The van der Waals surface area contributed by atoms with Gasteiger partial charge < -0.3 is 10.1 Å². The summed E-state index contributed by atoms with van der Waals surface area (Å²) in [6.45, 7) is 3.78. The number of nitro benzene ring substituents is 1. The number of nitrogens with one attached hydrogen (secondary N) is 2. The molecule has 0 fully saturated rings. The van der Waals surface area contributed by atoms with Gasteiger partial charge in [-0.1, -0.05) is 36.4 Å². The first-order valence-corrected chi connectivity index (χ1v) is 9.46. The van der Waals surface area contributed by atoms with Crippen molar-refractivity contribution in [2.75, 3.05) is 18.5 Å². The lowest BCUT2D eigenvalue weighted by Gasteiger charge is -2.09. The lowest BCUT2D eigenvalue weighted by molar-refractivity contribution is -0.385. The van der Waals surface area contributed by atoms with E-state index in [0.717, 1.165) is 16.5 Å². The second-order valence-electron chi connectivity index (χ2n) is 6.49. The lowest BCUT2D eigenvalue weighted by Crippen LogP contribution is -2.26. The Morgan fingerprint density at radius 3 is 2.67 bits per heavy atom. The molecule has 0 spiro atoms. The molecule has 8 nitrogen and oxygen atoms in total. The van der Waals surface area contributed by atoms with Crippen LogP contribution in [-0.2, 0) is 4.79 Å². The number of nitro groups is 1. The number of carbonyl (C=O) groups is 1. The van der Waals surface area contributed by atoms with Gasteiger partial charge in [-0.2, -0.15) is 5.10 Å². The van der Waals surface area contributed by atoms with Crippen LogP contribution in [-0.4, -0.2) is 29.7 Å². The van der Waals surface area contributed by atoms with E-state index in [2.05, 4.69) is 15.8 Å². The standard InChI is InChI=1S/C22H22N4O4/c1-3-30-21-12-11-17(13-20(21)26(28)29)15(2)24-25-22(27)14-23-19-10-6-8-16-7-4-5-9-18(16)19/h4-13,23H,3,14H2,1-2H3,(H,25,27)/b24-15-. The van der Waals surface area contributed by atoms with Gasteiger partial charge in [0.25, 0.3) is 5.91 Å². The molecule has 0 saturated heterocycles. The Morgan fingerprint density at radius 2 is 1.90 bits per heavy atom. The molecule has 0 atom stereocenters. The summed E-state index contributed by atoms with van der Waals surface area (Å²) in [6.07, 6.45) is 0. The van der Waals surface area contributed by atoms with Gasteiger partial charge in [0.15, 0.2) is 5.75 Å². The summed E-state index contributed by atoms with van der Waals surface area (Å²) in [5, 5.41) is 20.5. The number of hydrazone groups is 1. The van der Waals surface area contributed by atoms with Gasteiger partial charge in [0.2, 0.25) is 0 Å². The van der Waals surface area contributed by atoms with Crippen molar-refractivity contribution >= 4 is 33.8 Å². The van der Waals surface area contributed by atoms with Crippen LogP contribution in [0.5, 0.6) is 5.75 Å². The van der Waals surface area contributed by atoms with E-state index in [9.17, 15) is 14.9 Å². The number of nitrogens with zero attached hydrogens (tertiary/aromatic N) is 2. The Morgan fingerprint density at radius 1 is 1.13 bits per heavy atom. The van der Waals surface area contributed by atoms with E-state index in [4.69, 9.17) is 4.74 Å². The molecule has 0 heterocycles. The molecule has 30 heavy (non-hydrogen) atoms. The zero-order valence-electron chi connectivity index (χ0n) is 16.7. The van der Waals surface area contributed by atoms with Crippen molar-refractivity contribution in [2.24, 2.45) is 5.10 Å². The minimum absolute atomic E-state index is 0.0359. The van der Waals surface area contributed by atoms with E-state index in [1.54, 1.807) is 19.9 Å². The predicted octanol–water partition coefficient (Wildman–Crippen LogP) is 4.10. The van der Waals surface area contributed by atoms with Crippen molar-refractivity contribution in [3.05, 3.63) is 76.3 Å². The maximum Gasteiger partial charge on any atom is 0.311 e. The number of hydrogen-bond acceptors (Lipinski definition) is 6. The first-order valence-electron chi connectivity index (χ1n) is 9.46. The van der Waals surface area contributed by atoms with E-state index in [1.165, 1.54) is 12.1 Å². The average molecular weight is 406 g/mol. The van der Waals surface area contributed by atoms with Crippen molar-refractivity contribution in [1.29, 1.82) is 0 Å². The molecule has 0 aliphatic rings. The SMILES string of the molecule is CCOc1ccc(/C(C)=N\NC(=O)CNc2cccc3ccccc23)cc1[N+](=O)[O-]. The van der Waals surface area contributed by atoms with Crippen LogP contribution in [0.15, 0.2) is 65.8 Å². The van der Waals surface area contributed by atoms with Gasteiger partial charge in [0.1, 0.15) is 0 Å². The molecule has 3 rings (SSSR count). The molecule has 0 radical (unpaired) electrons. The minimum atomic E-state index is -0.506. The third kappa shape index (κ3) is 4.91. The fourth-order valence-corrected chi connectivity index (χ4v) is 2.97. The molecule has 0 bridgehead atoms. The molecule has 0 aliphatic carbocycles. The lowest BCUT2D eigenvalue weighted by atomic mass is 10.1. The average Bonchev–Trinajstić information content (AvgIpc) is 2.76. The van der Waals surface area contributed by atoms with Gasteiger partial charge in [0.05, 0.1) is 23.8 Å². The number of rotatable bonds is 8. The third-order valence-corrected chi connectivity index (χ3v) is 4.45. The van der Waals surface area contributed by atoms with E-state index >= 15 is 0 Å². The summed E-state index contributed by atoms with van der Waals surface area (Å²) >= 11 is 0.